The minimum absolute atomic E-state index is 0.0218. The molecule has 0 aliphatic carbocycles. The van der Waals surface area contributed by atoms with Crippen molar-refractivity contribution in [3.8, 4) is 46.0 Å². The van der Waals surface area contributed by atoms with Gasteiger partial charge in [-0.25, -0.2) is 0 Å². The van der Waals surface area contributed by atoms with Crippen LogP contribution in [0.3, 0.4) is 0 Å². The number of aromatic hydroxyl groups is 5. The largest absolute Gasteiger partial charge is 0.508 e. The summed E-state index contributed by atoms with van der Waals surface area (Å²) in [6.07, 6.45) is 1.59. The number of rotatable bonds is 3. The zero-order chi connectivity index (χ0) is 36.4. The molecule has 8 heteroatoms. The molecule has 3 heterocycles. The Bertz CT molecular complexity index is 2060. The number of phenolic OH excluding ortho intramolecular Hbond substituents is 5. The van der Waals surface area contributed by atoms with Crippen LogP contribution >= 0.6 is 0 Å². The third-order valence-electron chi connectivity index (χ3n) is 11.4. The molecule has 0 saturated heterocycles. The molecule has 4 aromatic carbocycles. The monoisotopic (exact) mass is 680 g/mol. The van der Waals surface area contributed by atoms with E-state index >= 15 is 0 Å². The molecule has 7 rings (SSSR count). The smallest absolute Gasteiger partial charge is 0.136 e. The van der Waals surface area contributed by atoms with Crippen LogP contribution in [0.2, 0.25) is 0 Å². The molecule has 0 bridgehead atoms. The fraction of sp³-hybridized carbons (Fsp3) is 0.429. The molecule has 50 heavy (non-hydrogen) atoms. The van der Waals surface area contributed by atoms with Crippen molar-refractivity contribution in [1.29, 1.82) is 0 Å². The van der Waals surface area contributed by atoms with E-state index in [0.29, 0.717) is 53.2 Å². The van der Waals surface area contributed by atoms with Gasteiger partial charge in [0.05, 0.1) is 0 Å². The maximum absolute atomic E-state index is 11.6. The normalized spacial score (nSPS) is 27.1. The summed E-state index contributed by atoms with van der Waals surface area (Å²) in [5.74, 6) is 1.62. The number of hydrogen-bond acceptors (Lipinski definition) is 8. The quantitative estimate of drug-likeness (QED) is 0.145. The Kier molecular flexibility index (Phi) is 7.03. The summed E-state index contributed by atoms with van der Waals surface area (Å²) >= 11 is 0. The number of phenols is 5. The lowest BCUT2D eigenvalue weighted by Gasteiger charge is -2.47. The average molecular weight is 681 g/mol. The SMILES string of the molecule is CC1(C)CC(C)(c2cc3c(cc2O)OC(C)(c2cc(C4(C)CC(C)(C)c5ccc(O)cc5O4)c(O)cc2O)CC3(C)C)Oc2cc(O)ccc21. The van der Waals surface area contributed by atoms with Crippen LogP contribution in [0.4, 0.5) is 0 Å². The Morgan fingerprint density at radius 2 is 0.700 bits per heavy atom. The molecular weight excluding hydrogens is 632 g/mol. The average Bonchev–Trinajstić information content (AvgIpc) is 2.94. The Morgan fingerprint density at radius 3 is 1.10 bits per heavy atom. The highest BCUT2D eigenvalue weighted by Crippen LogP contribution is 2.57. The molecule has 8 nitrogen and oxygen atoms in total. The van der Waals surface area contributed by atoms with Gasteiger partial charge in [0, 0.05) is 76.9 Å². The Labute approximate surface area is 293 Å². The Morgan fingerprint density at radius 1 is 0.380 bits per heavy atom. The summed E-state index contributed by atoms with van der Waals surface area (Å²) in [6, 6.07) is 17.0. The maximum Gasteiger partial charge on any atom is 0.136 e. The second-order valence-electron chi connectivity index (χ2n) is 17.3. The molecule has 0 saturated carbocycles. The third kappa shape index (κ3) is 5.17. The summed E-state index contributed by atoms with van der Waals surface area (Å²) in [6.45, 7) is 18.5. The molecule has 264 valence electrons. The van der Waals surface area contributed by atoms with Gasteiger partial charge in [-0.05, 0) is 61.3 Å². The molecule has 3 aliphatic heterocycles. The van der Waals surface area contributed by atoms with E-state index in [2.05, 4.69) is 41.5 Å². The first kappa shape index (κ1) is 33.8. The summed E-state index contributed by atoms with van der Waals surface area (Å²) in [4.78, 5) is 0. The molecule has 0 aromatic heterocycles. The fourth-order valence-corrected chi connectivity index (χ4v) is 9.44. The zero-order valence-corrected chi connectivity index (χ0v) is 30.4. The first-order chi connectivity index (χ1) is 23.1. The Hall–Kier alpha value is -4.72. The van der Waals surface area contributed by atoms with E-state index in [9.17, 15) is 25.5 Å². The van der Waals surface area contributed by atoms with Crippen LogP contribution in [-0.4, -0.2) is 25.5 Å². The van der Waals surface area contributed by atoms with Gasteiger partial charge in [-0.15, -0.1) is 0 Å². The molecule has 0 spiro atoms. The van der Waals surface area contributed by atoms with E-state index in [-0.39, 0.29) is 39.6 Å². The van der Waals surface area contributed by atoms with Crippen molar-refractivity contribution in [3.63, 3.8) is 0 Å². The standard InChI is InChI=1S/C42H48O8/c1-37(2)20-40(7,48-34-14-23(43)10-12-25(34)37)27-16-28(32(46)18-31(27)45)42(9)22-39(5,6)30-17-29(33(47)19-36(30)50-42)41(8)21-38(3,4)26-13-11-24(44)15-35(26)49-41/h10-19,43-47H,20-22H2,1-9H3. The van der Waals surface area contributed by atoms with Crippen molar-refractivity contribution >= 4 is 0 Å². The van der Waals surface area contributed by atoms with Crippen LogP contribution in [0, 0.1) is 0 Å². The van der Waals surface area contributed by atoms with Gasteiger partial charge in [0.25, 0.3) is 0 Å². The molecule has 5 N–H and O–H groups in total. The number of hydrogen-bond donors (Lipinski definition) is 5. The molecule has 0 amide bonds. The molecule has 0 radical (unpaired) electrons. The lowest BCUT2D eigenvalue weighted by atomic mass is 9.67. The number of fused-ring (bicyclic) bond motifs is 3. The molecule has 3 atom stereocenters. The van der Waals surface area contributed by atoms with Crippen LogP contribution in [0.15, 0.2) is 60.7 Å². The minimum Gasteiger partial charge on any atom is -0.508 e. The molecule has 3 aliphatic rings. The van der Waals surface area contributed by atoms with Crippen molar-refractivity contribution in [3.05, 3.63) is 94.0 Å². The zero-order valence-electron chi connectivity index (χ0n) is 30.4. The van der Waals surface area contributed by atoms with Gasteiger partial charge >= 0.3 is 0 Å². The fourth-order valence-electron chi connectivity index (χ4n) is 9.44. The lowest BCUT2D eigenvalue weighted by Crippen LogP contribution is -2.44. The van der Waals surface area contributed by atoms with Gasteiger partial charge < -0.3 is 39.7 Å². The van der Waals surface area contributed by atoms with Crippen molar-refractivity contribution < 1.29 is 39.7 Å². The molecule has 3 unspecified atom stereocenters. The van der Waals surface area contributed by atoms with E-state index in [4.69, 9.17) is 14.2 Å². The van der Waals surface area contributed by atoms with E-state index < -0.39 is 22.2 Å². The van der Waals surface area contributed by atoms with Gasteiger partial charge in [-0.2, -0.15) is 0 Å². The van der Waals surface area contributed by atoms with Crippen LogP contribution in [0.25, 0.3) is 0 Å². The first-order valence-electron chi connectivity index (χ1n) is 17.2. The van der Waals surface area contributed by atoms with Gasteiger partial charge in [0.1, 0.15) is 62.8 Å². The van der Waals surface area contributed by atoms with Crippen molar-refractivity contribution in [2.45, 2.75) is 115 Å². The molecular formula is C42H48O8. The van der Waals surface area contributed by atoms with E-state index in [1.165, 1.54) is 6.07 Å². The summed E-state index contributed by atoms with van der Waals surface area (Å²) in [5, 5.41) is 54.8. The van der Waals surface area contributed by atoms with Crippen molar-refractivity contribution in [2.75, 3.05) is 0 Å². The van der Waals surface area contributed by atoms with Gasteiger partial charge in [0.2, 0.25) is 0 Å². The highest BCUT2D eigenvalue weighted by Gasteiger charge is 2.50. The highest BCUT2D eigenvalue weighted by atomic mass is 16.5. The molecule has 4 aromatic rings. The van der Waals surface area contributed by atoms with E-state index in [0.717, 1.165) is 16.7 Å². The predicted molar refractivity (Wildman–Crippen MR) is 191 cm³/mol. The van der Waals surface area contributed by atoms with Crippen LogP contribution in [-0.2, 0) is 33.0 Å². The predicted octanol–water partition coefficient (Wildman–Crippen LogP) is 9.14. The molecule has 0 fully saturated rings. The van der Waals surface area contributed by atoms with Crippen LogP contribution in [0.5, 0.6) is 46.0 Å². The second-order valence-corrected chi connectivity index (χ2v) is 17.3. The summed E-state index contributed by atoms with van der Waals surface area (Å²) in [5.41, 5.74) is 0.369. The van der Waals surface area contributed by atoms with Crippen LogP contribution in [0.1, 0.15) is 115 Å². The van der Waals surface area contributed by atoms with Crippen molar-refractivity contribution in [1.82, 2.24) is 0 Å². The Balaban J connectivity index is 1.29. The van der Waals surface area contributed by atoms with Crippen LogP contribution < -0.4 is 14.2 Å². The minimum atomic E-state index is -1.06. The number of benzene rings is 4. The van der Waals surface area contributed by atoms with Gasteiger partial charge in [-0.3, -0.25) is 0 Å². The summed E-state index contributed by atoms with van der Waals surface area (Å²) < 4.78 is 19.9. The highest BCUT2D eigenvalue weighted by molar-refractivity contribution is 5.58. The van der Waals surface area contributed by atoms with Gasteiger partial charge in [0.15, 0.2) is 0 Å². The lowest BCUT2D eigenvalue weighted by molar-refractivity contribution is 0.0216. The summed E-state index contributed by atoms with van der Waals surface area (Å²) in [7, 11) is 0. The topological polar surface area (TPSA) is 129 Å². The number of ether oxygens (including phenoxy) is 3. The maximum atomic E-state index is 11.6. The first-order valence-corrected chi connectivity index (χ1v) is 17.2. The third-order valence-corrected chi connectivity index (χ3v) is 11.4. The second kappa shape index (κ2) is 10.4. The van der Waals surface area contributed by atoms with Gasteiger partial charge in [-0.1, -0.05) is 53.7 Å². The van der Waals surface area contributed by atoms with E-state index in [1.54, 1.807) is 36.4 Å². The van der Waals surface area contributed by atoms with Crippen molar-refractivity contribution in [2.24, 2.45) is 0 Å². The van der Waals surface area contributed by atoms with E-state index in [1.807, 2.05) is 39.0 Å².